The lowest BCUT2D eigenvalue weighted by Gasteiger charge is -2.23. The van der Waals surface area contributed by atoms with Crippen molar-refractivity contribution in [2.24, 2.45) is 17.8 Å². The first-order valence-electron chi connectivity index (χ1n) is 13.9. The normalized spacial score (nSPS) is 16.1. The summed E-state index contributed by atoms with van der Waals surface area (Å²) in [5.41, 5.74) is 1.13. The number of carbonyl (C=O) groups is 6. The van der Waals surface area contributed by atoms with Gasteiger partial charge >= 0.3 is 12.2 Å². The Morgan fingerprint density at radius 1 is 1.07 bits per heavy atom. The Bertz CT molecular complexity index is 1210. The molecule has 43 heavy (non-hydrogen) atoms. The van der Waals surface area contributed by atoms with Crippen LogP contribution in [0.1, 0.15) is 46.6 Å². The molecule has 14 nitrogen and oxygen atoms in total. The zero-order valence-corrected chi connectivity index (χ0v) is 26.2. The Morgan fingerprint density at radius 2 is 1.72 bits per heavy atom. The number of rotatable bonds is 14. The molecule has 0 radical (unpaired) electrons. The molecule has 15 heteroatoms. The Morgan fingerprint density at radius 3 is 2.28 bits per heavy atom. The molecule has 1 saturated heterocycles. The second kappa shape index (κ2) is 16.6. The highest BCUT2D eigenvalue weighted by atomic mass is 32.2. The Kier molecular flexibility index (Phi) is 13.6. The summed E-state index contributed by atoms with van der Waals surface area (Å²) in [5.74, 6) is -2.59. The molecule has 3 N–H and O–H groups in total. The van der Waals surface area contributed by atoms with Gasteiger partial charge in [-0.15, -0.1) is 5.06 Å². The number of nitrogens with zero attached hydrogens (tertiary/aromatic N) is 2. The lowest BCUT2D eigenvalue weighted by molar-refractivity contribution is -0.173. The third-order valence-corrected chi connectivity index (χ3v) is 7.12. The summed E-state index contributed by atoms with van der Waals surface area (Å²) in [7, 11) is -1.03. The summed E-state index contributed by atoms with van der Waals surface area (Å²) in [6.07, 6.45) is -0.137. The molecule has 238 valence electrons. The molecule has 0 bridgehead atoms. The van der Waals surface area contributed by atoms with Gasteiger partial charge < -0.3 is 30.4 Å². The molecule has 1 aliphatic heterocycles. The van der Waals surface area contributed by atoms with Gasteiger partial charge in [-0.2, -0.15) is 0 Å². The molecule has 0 aliphatic carbocycles. The third-order valence-electron chi connectivity index (χ3n) is 6.36. The number of hydrogen-bond acceptors (Lipinski definition) is 9. The van der Waals surface area contributed by atoms with E-state index >= 15 is 0 Å². The quantitative estimate of drug-likeness (QED) is 0.260. The van der Waals surface area contributed by atoms with Crippen LogP contribution in [0.3, 0.4) is 0 Å². The predicted molar refractivity (Wildman–Crippen MR) is 157 cm³/mol. The molecule has 0 aromatic heterocycles. The highest BCUT2D eigenvalue weighted by Gasteiger charge is 2.43. The van der Waals surface area contributed by atoms with Gasteiger partial charge in [-0.05, 0) is 36.5 Å². The number of hydrogen-bond donors (Lipinski definition) is 3. The fraction of sp³-hybridized carbons (Fsp3) is 0.571. The van der Waals surface area contributed by atoms with Crippen LogP contribution in [0, 0.1) is 17.8 Å². The molecule has 2 rings (SSSR count). The number of carbonyl (C=O) groups excluding carboxylic acids is 6. The van der Waals surface area contributed by atoms with E-state index < -0.39 is 65.1 Å². The molecular weight excluding hydrogens is 582 g/mol. The van der Waals surface area contributed by atoms with Gasteiger partial charge in [0.25, 0.3) is 11.8 Å². The van der Waals surface area contributed by atoms with E-state index in [4.69, 9.17) is 9.57 Å². The first-order chi connectivity index (χ1) is 20.2. The van der Waals surface area contributed by atoms with Gasteiger partial charge in [0.05, 0.1) is 5.92 Å². The van der Waals surface area contributed by atoms with Crippen molar-refractivity contribution in [3.8, 4) is 0 Å². The van der Waals surface area contributed by atoms with Gasteiger partial charge in [0.15, 0.2) is 0 Å². The molecule has 3 atom stereocenters. The van der Waals surface area contributed by atoms with E-state index in [-0.39, 0.29) is 24.9 Å². The zero-order chi connectivity index (χ0) is 32.3. The molecule has 3 unspecified atom stereocenters. The number of nitrogens with one attached hydrogen (secondary N) is 3. The maximum atomic E-state index is 12.5. The van der Waals surface area contributed by atoms with E-state index in [1.165, 1.54) is 11.8 Å². The van der Waals surface area contributed by atoms with Gasteiger partial charge in [-0.3, -0.25) is 23.4 Å². The van der Waals surface area contributed by atoms with Crippen molar-refractivity contribution in [3.63, 3.8) is 0 Å². The van der Waals surface area contributed by atoms with E-state index in [1.807, 2.05) is 13.8 Å². The maximum Gasteiger partial charge on any atom is 0.432 e. The molecule has 0 saturated carbocycles. The molecule has 1 heterocycles. The van der Waals surface area contributed by atoms with Gasteiger partial charge in [-0.1, -0.05) is 39.8 Å². The van der Waals surface area contributed by atoms with E-state index in [1.54, 1.807) is 44.4 Å². The molecule has 1 aromatic rings. The number of ether oxygens (including phenoxy) is 1. The van der Waals surface area contributed by atoms with E-state index in [0.29, 0.717) is 35.2 Å². The number of hydroxylamine groups is 2. The van der Waals surface area contributed by atoms with Crippen LogP contribution in [0.2, 0.25) is 0 Å². The van der Waals surface area contributed by atoms with Crippen molar-refractivity contribution in [1.29, 1.82) is 0 Å². The van der Waals surface area contributed by atoms with Crippen molar-refractivity contribution in [2.45, 2.75) is 53.7 Å². The number of benzene rings is 1. The summed E-state index contributed by atoms with van der Waals surface area (Å²) < 4.78 is 16.8. The third kappa shape index (κ3) is 11.7. The second-order valence-corrected chi connectivity index (χ2v) is 12.5. The minimum Gasteiger partial charge on any atom is -0.445 e. The fourth-order valence-electron chi connectivity index (χ4n) is 3.98. The smallest absolute Gasteiger partial charge is 0.432 e. The summed E-state index contributed by atoms with van der Waals surface area (Å²) in [5, 5.41) is 7.62. The van der Waals surface area contributed by atoms with Gasteiger partial charge in [0.1, 0.15) is 19.2 Å². The first kappa shape index (κ1) is 35.2. The van der Waals surface area contributed by atoms with Crippen molar-refractivity contribution in [1.82, 2.24) is 20.6 Å². The number of anilines is 1. The van der Waals surface area contributed by atoms with Crippen molar-refractivity contribution in [3.05, 3.63) is 29.8 Å². The average Bonchev–Trinajstić information content (AvgIpc) is 3.21. The summed E-state index contributed by atoms with van der Waals surface area (Å²) in [6.45, 7) is 9.22. The lowest BCUT2D eigenvalue weighted by atomic mass is 9.95. The highest BCUT2D eigenvalue weighted by Crippen LogP contribution is 2.26. The van der Waals surface area contributed by atoms with Crippen LogP contribution >= 0.6 is 0 Å². The summed E-state index contributed by atoms with van der Waals surface area (Å²) >= 11 is 0. The van der Waals surface area contributed by atoms with Crippen LogP contribution < -0.4 is 16.0 Å². The topological polar surface area (TPSA) is 181 Å². The molecular formula is C28H41N5O9S. The predicted octanol–water partition coefficient (Wildman–Crippen LogP) is 1.78. The van der Waals surface area contributed by atoms with Crippen LogP contribution in [0.4, 0.5) is 15.3 Å². The van der Waals surface area contributed by atoms with E-state index in [0.717, 1.165) is 0 Å². The molecule has 1 aliphatic rings. The van der Waals surface area contributed by atoms with Gasteiger partial charge in [0.2, 0.25) is 11.8 Å². The van der Waals surface area contributed by atoms with Gasteiger partial charge in [0, 0.05) is 48.0 Å². The van der Waals surface area contributed by atoms with Crippen LogP contribution in [0.5, 0.6) is 0 Å². The number of imide groups is 1. The zero-order valence-electron chi connectivity index (χ0n) is 25.3. The standard InChI is InChI=1S/C28H41N5O9S/c1-17(2)15-32(11-12-43(6)40)28(39)41-16-20-7-9-21(10-8-20)31-25(36)19(5)30-23(34)14-29-27(38)42-33-24(35)13-22(18(3)4)26(33)37/h7-10,17-19,22H,11-16H2,1-6H3,(H,29,38)(H,30,34)(H,31,36). The van der Waals surface area contributed by atoms with Crippen molar-refractivity contribution < 1.29 is 42.6 Å². The van der Waals surface area contributed by atoms with E-state index in [9.17, 15) is 33.0 Å². The minimum absolute atomic E-state index is 0.0111. The Labute approximate surface area is 253 Å². The highest BCUT2D eigenvalue weighted by molar-refractivity contribution is 7.84. The Balaban J connectivity index is 1.77. The second-order valence-electron chi connectivity index (χ2n) is 11.0. The molecule has 0 spiro atoms. The monoisotopic (exact) mass is 623 g/mol. The van der Waals surface area contributed by atoms with Crippen LogP contribution in [-0.4, -0.2) is 87.7 Å². The lowest BCUT2D eigenvalue weighted by Crippen LogP contribution is -2.47. The fourth-order valence-corrected chi connectivity index (χ4v) is 4.46. The maximum absolute atomic E-state index is 12.5. The Hall–Kier alpha value is -4.01. The van der Waals surface area contributed by atoms with Crippen LogP contribution in [0.25, 0.3) is 0 Å². The van der Waals surface area contributed by atoms with Crippen LogP contribution in [-0.2, 0) is 46.2 Å². The largest absolute Gasteiger partial charge is 0.445 e. The summed E-state index contributed by atoms with van der Waals surface area (Å²) in [4.78, 5) is 79.7. The molecule has 1 fully saturated rings. The molecule has 1 aromatic carbocycles. The van der Waals surface area contributed by atoms with Gasteiger partial charge in [-0.25, -0.2) is 9.59 Å². The number of amides is 6. The van der Waals surface area contributed by atoms with Crippen LogP contribution in [0.15, 0.2) is 24.3 Å². The first-order valence-corrected chi connectivity index (χ1v) is 15.6. The summed E-state index contributed by atoms with van der Waals surface area (Å²) in [6, 6.07) is 5.61. The molecule has 6 amide bonds. The van der Waals surface area contributed by atoms with E-state index in [2.05, 4.69) is 16.0 Å². The average molecular weight is 624 g/mol. The SMILES string of the molecule is CC(C)CN(CCS(C)=O)C(=O)OCc1ccc(NC(=O)C(C)NC(=O)CNC(=O)ON2C(=O)CC(C(C)C)C2=O)cc1. The van der Waals surface area contributed by atoms with Crippen molar-refractivity contribution in [2.75, 3.05) is 37.0 Å². The minimum atomic E-state index is -1.16. The van der Waals surface area contributed by atoms with Crippen molar-refractivity contribution >= 4 is 52.3 Å².